The van der Waals surface area contributed by atoms with Gasteiger partial charge in [0.15, 0.2) is 6.61 Å². The molecule has 0 bridgehead atoms. The average Bonchev–Trinajstić information content (AvgIpc) is 3.41. The van der Waals surface area contributed by atoms with Gasteiger partial charge in [0.2, 0.25) is 0 Å². The zero-order chi connectivity index (χ0) is 24.7. The zero-order valence-electron chi connectivity index (χ0n) is 20.1. The number of carbonyl (C=O) groups excluding carboxylic acids is 1. The molecule has 7 nitrogen and oxygen atoms in total. The highest BCUT2D eigenvalue weighted by atomic mass is 16.5. The van der Waals surface area contributed by atoms with Gasteiger partial charge in [-0.25, -0.2) is 4.98 Å². The van der Waals surface area contributed by atoms with Gasteiger partial charge in [-0.05, 0) is 42.2 Å². The van der Waals surface area contributed by atoms with Crippen LogP contribution in [-0.2, 0) is 22.5 Å². The molecule has 1 unspecified atom stereocenters. The molecule has 1 aromatic heterocycles. The first-order valence-corrected chi connectivity index (χ1v) is 12.3. The number of aromatic nitrogens is 2. The van der Waals surface area contributed by atoms with Gasteiger partial charge in [-0.2, -0.15) is 0 Å². The number of hydrogen-bond acceptors (Lipinski definition) is 5. The number of hydrogen-bond donors (Lipinski definition) is 1. The molecular formula is C29H29N3O4. The standard InChI is InChI=1S/C29H29N3O4/c33-28(20-36-26-15-7-4-11-22(26)17-21-9-2-1-3-10-21)32(18-23-12-8-16-35-23)19-27-30-25-14-6-5-13-24(25)29(34)31-27/h1-7,9-11,13-15,23H,8,12,16-20H2,(H,30,31,34). The Morgan fingerprint density at radius 3 is 2.64 bits per heavy atom. The van der Waals surface area contributed by atoms with Crippen LogP contribution >= 0.6 is 0 Å². The van der Waals surface area contributed by atoms with Crippen molar-refractivity contribution in [1.82, 2.24) is 14.9 Å². The molecule has 1 aliphatic heterocycles. The van der Waals surface area contributed by atoms with Gasteiger partial charge in [-0.15, -0.1) is 0 Å². The molecule has 36 heavy (non-hydrogen) atoms. The summed E-state index contributed by atoms with van der Waals surface area (Å²) < 4.78 is 11.8. The highest BCUT2D eigenvalue weighted by Crippen LogP contribution is 2.22. The second-order valence-electron chi connectivity index (χ2n) is 9.00. The number of rotatable bonds is 9. The predicted octanol–water partition coefficient (Wildman–Crippen LogP) is 4.10. The monoisotopic (exact) mass is 483 g/mol. The summed E-state index contributed by atoms with van der Waals surface area (Å²) >= 11 is 0. The van der Waals surface area contributed by atoms with Crippen LogP contribution in [-0.4, -0.2) is 46.6 Å². The number of carbonyl (C=O) groups is 1. The molecule has 1 amide bonds. The third-order valence-corrected chi connectivity index (χ3v) is 6.36. The van der Waals surface area contributed by atoms with Crippen LogP contribution in [0.3, 0.4) is 0 Å². The Balaban J connectivity index is 1.32. The van der Waals surface area contributed by atoms with Gasteiger partial charge in [0.1, 0.15) is 11.6 Å². The van der Waals surface area contributed by atoms with Crippen molar-refractivity contribution in [2.24, 2.45) is 0 Å². The molecule has 184 valence electrons. The van der Waals surface area contributed by atoms with E-state index in [1.165, 1.54) is 5.56 Å². The van der Waals surface area contributed by atoms with E-state index in [1.54, 1.807) is 23.1 Å². The van der Waals surface area contributed by atoms with E-state index in [-0.39, 0.29) is 30.7 Å². The Morgan fingerprint density at radius 2 is 1.81 bits per heavy atom. The van der Waals surface area contributed by atoms with E-state index in [0.717, 1.165) is 18.4 Å². The number of H-pyrrole nitrogens is 1. The normalized spacial score (nSPS) is 15.2. The minimum atomic E-state index is -0.216. The Kier molecular flexibility index (Phi) is 7.38. The quantitative estimate of drug-likeness (QED) is 0.388. The lowest BCUT2D eigenvalue weighted by Gasteiger charge is -2.25. The number of fused-ring (bicyclic) bond motifs is 1. The lowest BCUT2D eigenvalue weighted by molar-refractivity contribution is -0.135. The van der Waals surface area contributed by atoms with Crippen LogP contribution in [0.5, 0.6) is 5.75 Å². The van der Waals surface area contributed by atoms with Crippen molar-refractivity contribution in [3.8, 4) is 5.75 Å². The van der Waals surface area contributed by atoms with E-state index < -0.39 is 0 Å². The molecule has 7 heteroatoms. The summed E-state index contributed by atoms with van der Waals surface area (Å²) in [6.07, 6.45) is 2.55. The maximum atomic E-state index is 13.4. The molecule has 0 aliphatic carbocycles. The lowest BCUT2D eigenvalue weighted by Crippen LogP contribution is -2.40. The van der Waals surface area contributed by atoms with E-state index >= 15 is 0 Å². The molecule has 3 aromatic carbocycles. The molecule has 1 fully saturated rings. The van der Waals surface area contributed by atoms with E-state index in [0.29, 0.717) is 42.0 Å². The van der Waals surface area contributed by atoms with Crippen molar-refractivity contribution < 1.29 is 14.3 Å². The summed E-state index contributed by atoms with van der Waals surface area (Å²) in [6.45, 7) is 1.18. The first-order valence-electron chi connectivity index (χ1n) is 12.3. The molecule has 1 atom stereocenters. The summed E-state index contributed by atoms with van der Waals surface area (Å²) in [7, 11) is 0. The number of nitrogens with zero attached hydrogens (tertiary/aromatic N) is 2. The van der Waals surface area contributed by atoms with E-state index in [4.69, 9.17) is 9.47 Å². The topological polar surface area (TPSA) is 84.5 Å². The fourth-order valence-corrected chi connectivity index (χ4v) is 4.52. The SMILES string of the molecule is O=C(COc1ccccc1Cc1ccccc1)N(Cc1nc2ccccc2c(=O)[nH]1)CC1CCCO1. The molecule has 1 N–H and O–H groups in total. The van der Waals surface area contributed by atoms with Crippen molar-refractivity contribution in [2.45, 2.75) is 31.9 Å². The van der Waals surface area contributed by atoms with Crippen LogP contribution in [0.4, 0.5) is 0 Å². The van der Waals surface area contributed by atoms with Gasteiger partial charge in [0, 0.05) is 19.6 Å². The Morgan fingerprint density at radius 1 is 1.03 bits per heavy atom. The van der Waals surface area contributed by atoms with Crippen LogP contribution in [0.15, 0.2) is 83.7 Å². The third-order valence-electron chi connectivity index (χ3n) is 6.36. The molecule has 1 saturated heterocycles. The second kappa shape index (κ2) is 11.2. The summed E-state index contributed by atoms with van der Waals surface area (Å²) in [5.41, 5.74) is 2.58. The van der Waals surface area contributed by atoms with E-state index in [9.17, 15) is 9.59 Å². The molecule has 1 aliphatic rings. The van der Waals surface area contributed by atoms with Crippen molar-refractivity contribution in [3.05, 3.63) is 106 Å². The summed E-state index contributed by atoms with van der Waals surface area (Å²) in [6, 6.07) is 25.1. The fourth-order valence-electron chi connectivity index (χ4n) is 4.52. The molecule has 5 rings (SSSR count). The smallest absolute Gasteiger partial charge is 0.261 e. The minimum Gasteiger partial charge on any atom is -0.483 e. The Labute approximate surface area is 209 Å². The van der Waals surface area contributed by atoms with Crippen molar-refractivity contribution >= 4 is 16.8 Å². The van der Waals surface area contributed by atoms with Gasteiger partial charge < -0.3 is 19.4 Å². The van der Waals surface area contributed by atoms with Gasteiger partial charge in [-0.1, -0.05) is 60.7 Å². The number of amides is 1. The van der Waals surface area contributed by atoms with E-state index in [1.807, 2.05) is 48.5 Å². The second-order valence-corrected chi connectivity index (χ2v) is 9.00. The molecule has 0 radical (unpaired) electrons. The van der Waals surface area contributed by atoms with Gasteiger partial charge in [-0.3, -0.25) is 9.59 Å². The number of para-hydroxylation sites is 2. The first-order chi connectivity index (χ1) is 17.7. The van der Waals surface area contributed by atoms with Crippen LogP contribution in [0.2, 0.25) is 0 Å². The Bertz CT molecular complexity index is 1380. The first kappa shape index (κ1) is 23.8. The summed E-state index contributed by atoms with van der Waals surface area (Å²) in [5.74, 6) is 0.939. The third kappa shape index (κ3) is 5.80. The highest BCUT2D eigenvalue weighted by Gasteiger charge is 2.24. The molecular weight excluding hydrogens is 454 g/mol. The van der Waals surface area contributed by atoms with Gasteiger partial charge >= 0.3 is 0 Å². The maximum absolute atomic E-state index is 13.4. The largest absolute Gasteiger partial charge is 0.483 e. The molecule has 4 aromatic rings. The zero-order valence-corrected chi connectivity index (χ0v) is 20.1. The van der Waals surface area contributed by atoms with Gasteiger partial charge in [0.25, 0.3) is 11.5 Å². The summed E-state index contributed by atoms with van der Waals surface area (Å²) in [4.78, 5) is 35.0. The number of nitrogens with one attached hydrogen (secondary N) is 1. The average molecular weight is 484 g/mol. The van der Waals surface area contributed by atoms with Crippen molar-refractivity contribution in [2.75, 3.05) is 19.8 Å². The number of benzene rings is 3. The highest BCUT2D eigenvalue weighted by molar-refractivity contribution is 5.78. The van der Waals surface area contributed by atoms with Crippen molar-refractivity contribution in [3.63, 3.8) is 0 Å². The van der Waals surface area contributed by atoms with E-state index in [2.05, 4.69) is 22.1 Å². The molecule has 2 heterocycles. The van der Waals surface area contributed by atoms with Crippen LogP contribution in [0.25, 0.3) is 10.9 Å². The predicted molar refractivity (Wildman–Crippen MR) is 138 cm³/mol. The minimum absolute atomic E-state index is 0.0357. The number of ether oxygens (including phenoxy) is 2. The fraction of sp³-hybridized carbons (Fsp3) is 0.276. The summed E-state index contributed by atoms with van der Waals surface area (Å²) in [5, 5.41) is 0.525. The van der Waals surface area contributed by atoms with Crippen LogP contribution in [0, 0.1) is 0 Å². The molecule has 0 saturated carbocycles. The van der Waals surface area contributed by atoms with Crippen LogP contribution in [0.1, 0.15) is 29.8 Å². The number of aromatic amines is 1. The Hall–Kier alpha value is -3.97. The molecule has 0 spiro atoms. The lowest BCUT2D eigenvalue weighted by atomic mass is 10.0. The maximum Gasteiger partial charge on any atom is 0.261 e. The van der Waals surface area contributed by atoms with Gasteiger partial charge in [0.05, 0.1) is 23.6 Å². The van der Waals surface area contributed by atoms with Crippen LogP contribution < -0.4 is 10.3 Å². The van der Waals surface area contributed by atoms with Crippen molar-refractivity contribution in [1.29, 1.82) is 0 Å².